The van der Waals surface area contributed by atoms with Crippen molar-refractivity contribution < 1.29 is 18.3 Å². The van der Waals surface area contributed by atoms with E-state index in [-0.39, 0.29) is 13.2 Å². The van der Waals surface area contributed by atoms with Gasteiger partial charge in [-0.3, -0.25) is 0 Å². The maximum Gasteiger partial charge on any atom is 0.345 e. The van der Waals surface area contributed by atoms with E-state index in [4.69, 9.17) is 4.74 Å². The van der Waals surface area contributed by atoms with Crippen molar-refractivity contribution in [2.45, 2.75) is 13.2 Å². The Hall–Kier alpha value is -1.00. The van der Waals surface area contributed by atoms with Crippen molar-refractivity contribution in [2.24, 2.45) is 0 Å². The van der Waals surface area contributed by atoms with Gasteiger partial charge in [-0.2, -0.15) is 8.78 Å². The zero-order valence-electron chi connectivity index (χ0n) is 7.66. The first-order valence-corrected chi connectivity index (χ1v) is 4.30. The third kappa shape index (κ3) is 4.89. The normalized spacial score (nSPS) is 10.8. The molecule has 0 heterocycles. The first-order chi connectivity index (χ1) is 6.79. The van der Waals surface area contributed by atoms with E-state index < -0.39 is 6.61 Å². The molecule has 0 saturated carbocycles. The Morgan fingerprint density at radius 1 is 1.07 bits per heavy atom. The fourth-order valence-electron chi connectivity index (χ4n) is 0.960. The highest BCUT2D eigenvalue weighted by Crippen LogP contribution is 2.00. The number of ether oxygens (including phenoxy) is 2. The highest BCUT2D eigenvalue weighted by molar-refractivity contribution is 5.13. The van der Waals surface area contributed by atoms with Crippen LogP contribution in [0.5, 0.6) is 0 Å². The van der Waals surface area contributed by atoms with Crippen LogP contribution < -0.4 is 0 Å². The van der Waals surface area contributed by atoms with E-state index in [0.29, 0.717) is 6.61 Å². The first kappa shape index (κ1) is 11.1. The van der Waals surface area contributed by atoms with E-state index in [2.05, 4.69) is 4.74 Å². The van der Waals surface area contributed by atoms with Gasteiger partial charge < -0.3 is 9.47 Å². The second kappa shape index (κ2) is 6.45. The summed E-state index contributed by atoms with van der Waals surface area (Å²) < 4.78 is 32.1. The Balaban J connectivity index is 2.05. The lowest BCUT2D eigenvalue weighted by Crippen LogP contribution is -2.07. The largest absolute Gasteiger partial charge is 0.374 e. The molecular formula is C10H12F2O2. The van der Waals surface area contributed by atoms with Gasteiger partial charge in [0.25, 0.3) is 0 Å². The molecule has 0 unspecified atom stereocenters. The van der Waals surface area contributed by atoms with Gasteiger partial charge >= 0.3 is 6.61 Å². The van der Waals surface area contributed by atoms with Crippen LogP contribution in [0.3, 0.4) is 0 Å². The minimum atomic E-state index is -2.71. The highest BCUT2D eigenvalue weighted by atomic mass is 19.3. The Labute approximate surface area is 81.4 Å². The lowest BCUT2D eigenvalue weighted by atomic mass is 10.2. The third-order valence-corrected chi connectivity index (χ3v) is 1.58. The molecule has 1 aromatic rings. The summed E-state index contributed by atoms with van der Waals surface area (Å²) in [4.78, 5) is 0. The molecule has 1 aromatic carbocycles. The summed E-state index contributed by atoms with van der Waals surface area (Å²) in [6.07, 6.45) is 0. The maximum absolute atomic E-state index is 11.5. The number of benzene rings is 1. The fraction of sp³-hybridized carbons (Fsp3) is 0.400. The van der Waals surface area contributed by atoms with Crippen molar-refractivity contribution in [2.75, 3.05) is 13.2 Å². The molecule has 0 amide bonds. The number of hydrogen-bond donors (Lipinski definition) is 0. The van der Waals surface area contributed by atoms with Gasteiger partial charge in [0.2, 0.25) is 0 Å². The second-order valence-electron chi connectivity index (χ2n) is 2.67. The van der Waals surface area contributed by atoms with Gasteiger partial charge in [0.05, 0.1) is 19.8 Å². The monoisotopic (exact) mass is 202 g/mol. The van der Waals surface area contributed by atoms with Gasteiger partial charge in [-0.05, 0) is 5.56 Å². The summed E-state index contributed by atoms with van der Waals surface area (Å²) in [5.41, 5.74) is 1.02. The highest BCUT2D eigenvalue weighted by Gasteiger charge is 2.00. The van der Waals surface area contributed by atoms with Crippen LogP contribution in [0.1, 0.15) is 5.56 Å². The summed E-state index contributed by atoms with van der Waals surface area (Å²) in [5.74, 6) is 0. The third-order valence-electron chi connectivity index (χ3n) is 1.58. The van der Waals surface area contributed by atoms with Crippen molar-refractivity contribution in [3.63, 3.8) is 0 Å². The first-order valence-electron chi connectivity index (χ1n) is 4.30. The van der Waals surface area contributed by atoms with Crippen LogP contribution in [0.25, 0.3) is 0 Å². The van der Waals surface area contributed by atoms with Gasteiger partial charge in [-0.1, -0.05) is 30.3 Å². The zero-order valence-corrected chi connectivity index (χ0v) is 7.66. The lowest BCUT2D eigenvalue weighted by molar-refractivity contribution is -0.139. The molecule has 0 aliphatic carbocycles. The summed E-state index contributed by atoms with van der Waals surface area (Å²) >= 11 is 0. The topological polar surface area (TPSA) is 18.5 Å². The van der Waals surface area contributed by atoms with Gasteiger partial charge in [-0.15, -0.1) is 0 Å². The minimum absolute atomic E-state index is 0.0789. The Bertz CT molecular complexity index is 239. The van der Waals surface area contributed by atoms with Crippen molar-refractivity contribution in [3.8, 4) is 0 Å². The molecular weight excluding hydrogens is 190 g/mol. The van der Waals surface area contributed by atoms with E-state index in [0.717, 1.165) is 5.56 Å². The summed E-state index contributed by atoms with van der Waals surface area (Å²) in [6, 6.07) is 9.52. The van der Waals surface area contributed by atoms with Crippen molar-refractivity contribution in [3.05, 3.63) is 35.9 Å². The van der Waals surface area contributed by atoms with E-state index in [9.17, 15) is 8.78 Å². The molecule has 0 aliphatic heterocycles. The van der Waals surface area contributed by atoms with Gasteiger partial charge in [0, 0.05) is 0 Å². The maximum atomic E-state index is 11.5. The number of rotatable bonds is 6. The predicted molar refractivity (Wildman–Crippen MR) is 48.1 cm³/mol. The molecule has 4 heteroatoms. The average Bonchev–Trinajstić information content (AvgIpc) is 2.18. The van der Waals surface area contributed by atoms with Crippen LogP contribution in [0.15, 0.2) is 30.3 Å². The van der Waals surface area contributed by atoms with Crippen LogP contribution in [0, 0.1) is 0 Å². The Kier molecular flexibility index (Phi) is 5.11. The van der Waals surface area contributed by atoms with Crippen LogP contribution in [0.2, 0.25) is 0 Å². The fourth-order valence-corrected chi connectivity index (χ4v) is 0.960. The molecule has 0 spiro atoms. The number of alkyl halides is 2. The van der Waals surface area contributed by atoms with E-state index in [1.165, 1.54) is 0 Å². The van der Waals surface area contributed by atoms with Crippen LogP contribution >= 0.6 is 0 Å². The summed E-state index contributed by atoms with van der Waals surface area (Å²) in [5, 5.41) is 0. The molecule has 0 radical (unpaired) electrons. The summed E-state index contributed by atoms with van der Waals surface area (Å²) in [6.45, 7) is -2.19. The van der Waals surface area contributed by atoms with Gasteiger partial charge in [0.1, 0.15) is 0 Å². The van der Waals surface area contributed by atoms with Crippen molar-refractivity contribution in [1.29, 1.82) is 0 Å². The molecule has 0 N–H and O–H groups in total. The molecule has 0 bridgehead atoms. The van der Waals surface area contributed by atoms with Gasteiger partial charge in [-0.25, -0.2) is 0 Å². The smallest absolute Gasteiger partial charge is 0.345 e. The van der Waals surface area contributed by atoms with Crippen LogP contribution in [0.4, 0.5) is 8.78 Å². The SMILES string of the molecule is FC(F)OCCOCc1ccccc1. The molecule has 0 fully saturated rings. The van der Waals surface area contributed by atoms with Crippen molar-refractivity contribution >= 4 is 0 Å². The quantitative estimate of drug-likeness (QED) is 0.659. The average molecular weight is 202 g/mol. The molecule has 0 atom stereocenters. The minimum Gasteiger partial charge on any atom is -0.374 e. The molecule has 14 heavy (non-hydrogen) atoms. The number of halogens is 2. The molecule has 0 aliphatic rings. The van der Waals surface area contributed by atoms with Crippen LogP contribution in [-0.4, -0.2) is 19.8 Å². The molecule has 1 rings (SSSR count). The number of hydrogen-bond acceptors (Lipinski definition) is 2. The molecule has 2 nitrogen and oxygen atoms in total. The predicted octanol–water partition coefficient (Wildman–Crippen LogP) is 2.44. The Morgan fingerprint density at radius 3 is 2.43 bits per heavy atom. The molecule has 0 saturated heterocycles. The van der Waals surface area contributed by atoms with Gasteiger partial charge in [0.15, 0.2) is 0 Å². The zero-order chi connectivity index (χ0) is 10.2. The molecule has 0 aromatic heterocycles. The second-order valence-corrected chi connectivity index (χ2v) is 2.67. The Morgan fingerprint density at radius 2 is 1.79 bits per heavy atom. The lowest BCUT2D eigenvalue weighted by Gasteiger charge is -2.04. The van der Waals surface area contributed by atoms with E-state index in [1.807, 2.05) is 30.3 Å². The molecule has 78 valence electrons. The standard InChI is InChI=1S/C10H12F2O2/c11-10(12)14-7-6-13-8-9-4-2-1-3-5-9/h1-5,10H,6-8H2. The van der Waals surface area contributed by atoms with E-state index in [1.54, 1.807) is 0 Å². The van der Waals surface area contributed by atoms with Crippen molar-refractivity contribution in [1.82, 2.24) is 0 Å². The van der Waals surface area contributed by atoms with Crippen LogP contribution in [-0.2, 0) is 16.1 Å². The van der Waals surface area contributed by atoms with E-state index >= 15 is 0 Å². The summed E-state index contributed by atoms with van der Waals surface area (Å²) in [7, 11) is 0.